The highest BCUT2D eigenvalue weighted by Crippen LogP contribution is 2.27. The smallest absolute Gasteiger partial charge is 0.241 e. The van der Waals surface area contributed by atoms with Gasteiger partial charge in [0.25, 0.3) is 0 Å². The average Bonchev–Trinajstić information content (AvgIpc) is 2.65. The second-order valence-corrected chi connectivity index (χ2v) is 10.1. The molecule has 0 unspecified atom stereocenters. The summed E-state index contributed by atoms with van der Waals surface area (Å²) in [6, 6.07) is 13.1. The quantitative estimate of drug-likeness (QED) is 0.515. The molecule has 0 bridgehead atoms. The molecular weight excluding hydrogens is 384 g/mol. The largest absolute Gasteiger partial charge is 0.370 e. The van der Waals surface area contributed by atoms with E-state index in [4.69, 9.17) is 5.73 Å². The molecule has 0 amide bonds. The maximum Gasteiger partial charge on any atom is 0.241 e. The number of aliphatic imine (C=N–C) groups is 1. The molecule has 0 saturated heterocycles. The third-order valence-electron chi connectivity index (χ3n) is 4.78. The van der Waals surface area contributed by atoms with Gasteiger partial charge in [-0.25, -0.2) is 18.1 Å². The molecule has 0 radical (unpaired) electrons. The first-order valence-corrected chi connectivity index (χ1v) is 11.4. The van der Waals surface area contributed by atoms with Crippen LogP contribution in [-0.4, -0.2) is 19.9 Å². The number of nitrogens with zero attached hydrogens (tertiary/aromatic N) is 1. The molecule has 29 heavy (non-hydrogen) atoms. The number of benzene rings is 2. The first-order valence-electron chi connectivity index (χ1n) is 9.95. The van der Waals surface area contributed by atoms with Gasteiger partial charge in [-0.2, -0.15) is 0 Å². The molecule has 7 heteroatoms. The van der Waals surface area contributed by atoms with Crippen LogP contribution >= 0.6 is 0 Å². The predicted molar refractivity (Wildman–Crippen MR) is 119 cm³/mol. The Hall–Kier alpha value is -2.38. The Bertz CT molecular complexity index is 1010. The second-order valence-electron chi connectivity index (χ2n) is 8.44. The lowest BCUT2D eigenvalue weighted by Crippen LogP contribution is -2.40. The Morgan fingerprint density at radius 2 is 1.79 bits per heavy atom. The molecule has 156 valence electrons. The zero-order valence-corrected chi connectivity index (χ0v) is 18.1. The second kappa shape index (κ2) is 8.55. The van der Waals surface area contributed by atoms with Crippen LogP contribution in [0.4, 0.5) is 5.69 Å². The van der Waals surface area contributed by atoms with E-state index in [-0.39, 0.29) is 17.4 Å². The molecule has 0 aromatic heterocycles. The molecular formula is C22H30N4O2S. The first kappa shape index (κ1) is 21.3. The zero-order chi connectivity index (χ0) is 21.1. The maximum absolute atomic E-state index is 12.8. The van der Waals surface area contributed by atoms with Crippen LogP contribution in [0.2, 0.25) is 0 Å². The third kappa shape index (κ3) is 5.58. The standard InChI is InChI=1S/C22H30N4O2S/c1-22(2,3)26-29(27,28)20-14-7-5-10-17(20)15-24-21(23)25-19-13-8-11-16-9-4-6-12-18(16)19/h5,7-8,10-11,13-14,26H,4,6,9,12,15H2,1-3H3,(H3,23,24,25). The summed E-state index contributed by atoms with van der Waals surface area (Å²) < 4.78 is 28.2. The van der Waals surface area contributed by atoms with Crippen molar-refractivity contribution in [3.8, 4) is 0 Å². The molecule has 1 aliphatic rings. The van der Waals surface area contributed by atoms with Gasteiger partial charge < -0.3 is 11.1 Å². The number of nitrogens with one attached hydrogen (secondary N) is 2. The molecule has 0 heterocycles. The van der Waals surface area contributed by atoms with E-state index < -0.39 is 15.6 Å². The number of anilines is 1. The summed E-state index contributed by atoms with van der Waals surface area (Å²) in [5, 5.41) is 3.20. The lowest BCUT2D eigenvalue weighted by atomic mass is 9.90. The fourth-order valence-corrected chi connectivity index (χ4v) is 5.25. The van der Waals surface area contributed by atoms with E-state index in [1.807, 2.05) is 32.9 Å². The number of sulfonamides is 1. The van der Waals surface area contributed by atoms with Gasteiger partial charge in [-0.05, 0) is 75.3 Å². The summed E-state index contributed by atoms with van der Waals surface area (Å²) in [5.74, 6) is 0.278. The number of aryl methyl sites for hydroxylation is 1. The topological polar surface area (TPSA) is 96.6 Å². The van der Waals surface area contributed by atoms with Crippen LogP contribution in [0.25, 0.3) is 0 Å². The van der Waals surface area contributed by atoms with Gasteiger partial charge in [-0.3, -0.25) is 0 Å². The molecule has 1 aliphatic carbocycles. The summed E-state index contributed by atoms with van der Waals surface area (Å²) >= 11 is 0. The Balaban J connectivity index is 1.79. The van der Waals surface area contributed by atoms with Crippen LogP contribution in [0.3, 0.4) is 0 Å². The van der Waals surface area contributed by atoms with Gasteiger partial charge in [0.2, 0.25) is 10.0 Å². The number of fused-ring (bicyclic) bond motifs is 1. The highest BCUT2D eigenvalue weighted by Gasteiger charge is 2.24. The van der Waals surface area contributed by atoms with Crippen molar-refractivity contribution in [2.24, 2.45) is 10.7 Å². The van der Waals surface area contributed by atoms with Crippen LogP contribution in [0.15, 0.2) is 52.4 Å². The van der Waals surface area contributed by atoms with E-state index >= 15 is 0 Å². The fourth-order valence-electron chi connectivity index (χ4n) is 3.60. The lowest BCUT2D eigenvalue weighted by molar-refractivity contribution is 0.491. The summed E-state index contributed by atoms with van der Waals surface area (Å²) in [5.41, 5.74) is 9.80. The van der Waals surface area contributed by atoms with Gasteiger partial charge in [0.05, 0.1) is 11.4 Å². The number of guanidine groups is 1. The summed E-state index contributed by atoms with van der Waals surface area (Å²) in [7, 11) is -3.65. The molecule has 0 aliphatic heterocycles. The predicted octanol–water partition coefficient (Wildman–Crippen LogP) is 3.57. The number of nitrogens with two attached hydrogens (primary N) is 1. The average molecular weight is 415 g/mol. The van der Waals surface area contributed by atoms with E-state index in [0.29, 0.717) is 5.56 Å². The van der Waals surface area contributed by atoms with Gasteiger partial charge in [0.1, 0.15) is 0 Å². The minimum atomic E-state index is -3.65. The Kier molecular flexibility index (Phi) is 6.29. The van der Waals surface area contributed by atoms with Crippen LogP contribution in [-0.2, 0) is 29.4 Å². The molecule has 4 N–H and O–H groups in total. The number of rotatable bonds is 5. The Labute approximate surface area is 173 Å². The van der Waals surface area contributed by atoms with E-state index in [1.165, 1.54) is 24.0 Å². The van der Waals surface area contributed by atoms with Crippen molar-refractivity contribution in [3.63, 3.8) is 0 Å². The minimum Gasteiger partial charge on any atom is -0.370 e. The molecule has 0 atom stereocenters. The number of hydrogen-bond acceptors (Lipinski definition) is 3. The van der Waals surface area contributed by atoms with Gasteiger partial charge >= 0.3 is 0 Å². The molecule has 0 saturated carbocycles. The molecule has 3 rings (SSSR count). The number of hydrogen-bond donors (Lipinski definition) is 3. The van der Waals surface area contributed by atoms with Crippen LogP contribution in [0, 0.1) is 0 Å². The first-order chi connectivity index (χ1) is 13.7. The van der Waals surface area contributed by atoms with Crippen LogP contribution in [0.1, 0.15) is 50.3 Å². The normalized spacial score (nSPS) is 15.1. The Morgan fingerprint density at radius 3 is 2.55 bits per heavy atom. The van der Waals surface area contributed by atoms with E-state index in [2.05, 4.69) is 21.1 Å². The molecule has 2 aromatic carbocycles. The highest BCUT2D eigenvalue weighted by molar-refractivity contribution is 7.89. The SMILES string of the molecule is CC(C)(C)NS(=O)(=O)c1ccccc1CN=C(N)Nc1cccc2c1CCCC2. The van der Waals surface area contributed by atoms with Gasteiger partial charge in [-0.1, -0.05) is 30.3 Å². The maximum atomic E-state index is 12.8. The van der Waals surface area contributed by atoms with Crippen molar-refractivity contribution >= 4 is 21.7 Å². The molecule has 6 nitrogen and oxygen atoms in total. The van der Waals surface area contributed by atoms with Crippen molar-refractivity contribution in [3.05, 3.63) is 59.2 Å². The van der Waals surface area contributed by atoms with E-state index in [0.717, 1.165) is 18.5 Å². The van der Waals surface area contributed by atoms with Crippen molar-refractivity contribution in [1.82, 2.24) is 4.72 Å². The zero-order valence-electron chi connectivity index (χ0n) is 17.3. The van der Waals surface area contributed by atoms with Crippen molar-refractivity contribution in [2.45, 2.75) is 63.4 Å². The monoisotopic (exact) mass is 414 g/mol. The van der Waals surface area contributed by atoms with Crippen molar-refractivity contribution in [2.75, 3.05) is 5.32 Å². The highest BCUT2D eigenvalue weighted by atomic mass is 32.2. The van der Waals surface area contributed by atoms with Crippen molar-refractivity contribution < 1.29 is 8.42 Å². The van der Waals surface area contributed by atoms with Gasteiger partial charge in [-0.15, -0.1) is 0 Å². The van der Waals surface area contributed by atoms with Gasteiger partial charge in [0, 0.05) is 11.2 Å². The fraction of sp³-hybridized carbons (Fsp3) is 0.409. The molecule has 2 aromatic rings. The molecule has 0 fully saturated rings. The van der Waals surface area contributed by atoms with Crippen LogP contribution in [0.5, 0.6) is 0 Å². The molecule has 0 spiro atoms. The van der Waals surface area contributed by atoms with Crippen molar-refractivity contribution in [1.29, 1.82) is 0 Å². The summed E-state index contributed by atoms with van der Waals surface area (Å²) in [6.45, 7) is 5.62. The lowest BCUT2D eigenvalue weighted by Gasteiger charge is -2.21. The third-order valence-corrected chi connectivity index (χ3v) is 6.64. The minimum absolute atomic E-state index is 0.176. The van der Waals surface area contributed by atoms with E-state index in [9.17, 15) is 8.42 Å². The van der Waals surface area contributed by atoms with E-state index in [1.54, 1.807) is 24.3 Å². The summed E-state index contributed by atoms with van der Waals surface area (Å²) in [6.07, 6.45) is 4.52. The summed E-state index contributed by atoms with van der Waals surface area (Å²) in [4.78, 5) is 4.63. The Morgan fingerprint density at radius 1 is 1.07 bits per heavy atom. The van der Waals surface area contributed by atoms with Crippen LogP contribution < -0.4 is 15.8 Å². The van der Waals surface area contributed by atoms with Gasteiger partial charge in [0.15, 0.2) is 5.96 Å².